The molecule has 1 aromatic rings. The number of piperazine rings is 1. The van der Waals surface area contributed by atoms with Crippen LogP contribution in [0.25, 0.3) is 0 Å². The molecule has 1 N–H and O–H groups in total. The van der Waals surface area contributed by atoms with E-state index in [1.54, 1.807) is 17.9 Å². The first-order valence-corrected chi connectivity index (χ1v) is 12.3. The Hall–Kier alpha value is -2.58. The molecular formula is C25H35ClN4O4. The minimum Gasteiger partial charge on any atom is -0.463 e. The van der Waals surface area contributed by atoms with E-state index in [-0.39, 0.29) is 30.5 Å². The van der Waals surface area contributed by atoms with Gasteiger partial charge in [0.1, 0.15) is 0 Å². The average molecular weight is 491 g/mol. The van der Waals surface area contributed by atoms with Gasteiger partial charge in [0.2, 0.25) is 5.91 Å². The van der Waals surface area contributed by atoms with E-state index in [0.29, 0.717) is 54.6 Å². The summed E-state index contributed by atoms with van der Waals surface area (Å²) in [5, 5.41) is 3.41. The molecule has 1 saturated heterocycles. The van der Waals surface area contributed by atoms with E-state index in [2.05, 4.69) is 10.2 Å². The fourth-order valence-corrected chi connectivity index (χ4v) is 4.89. The van der Waals surface area contributed by atoms with Crippen molar-refractivity contribution in [2.45, 2.75) is 46.7 Å². The number of nitrogens with zero attached hydrogens (tertiary/aromatic N) is 3. The highest BCUT2D eigenvalue weighted by Crippen LogP contribution is 2.35. The number of carbonyl (C=O) groups is 3. The van der Waals surface area contributed by atoms with Gasteiger partial charge in [0, 0.05) is 55.4 Å². The standard InChI is InChI=1S/C25H35ClN4O4/c1-6-29-20(15-28-12-13-30(17(5)14-28)23(31)16(3)4)21(24(32)34-7-2)22(27-25(29)33)18-10-8-9-11-19(18)26/h8-11,16-17,22H,6-7,12-15H2,1-5H3,(H,27,33)/t17-,22+/m1/s1. The summed E-state index contributed by atoms with van der Waals surface area (Å²) in [6, 6.07) is 6.23. The van der Waals surface area contributed by atoms with Crippen molar-refractivity contribution in [2.24, 2.45) is 5.92 Å². The summed E-state index contributed by atoms with van der Waals surface area (Å²) in [5.74, 6) is -0.381. The average Bonchev–Trinajstić information content (AvgIpc) is 2.79. The maximum atomic E-state index is 13.2. The number of esters is 1. The Kier molecular flexibility index (Phi) is 8.60. The molecule has 0 spiro atoms. The van der Waals surface area contributed by atoms with Crippen molar-refractivity contribution in [1.82, 2.24) is 20.0 Å². The molecule has 186 valence electrons. The lowest BCUT2D eigenvalue weighted by Crippen LogP contribution is -2.57. The Morgan fingerprint density at radius 3 is 2.50 bits per heavy atom. The van der Waals surface area contributed by atoms with Gasteiger partial charge in [-0.2, -0.15) is 0 Å². The summed E-state index contributed by atoms with van der Waals surface area (Å²) >= 11 is 6.47. The van der Waals surface area contributed by atoms with Crippen LogP contribution in [0.5, 0.6) is 0 Å². The van der Waals surface area contributed by atoms with E-state index in [0.717, 1.165) is 0 Å². The van der Waals surface area contributed by atoms with Crippen molar-refractivity contribution in [3.8, 4) is 0 Å². The van der Waals surface area contributed by atoms with Crippen LogP contribution in [0.4, 0.5) is 4.79 Å². The molecule has 2 heterocycles. The predicted octanol–water partition coefficient (Wildman–Crippen LogP) is 3.43. The van der Waals surface area contributed by atoms with Gasteiger partial charge < -0.3 is 15.0 Å². The summed E-state index contributed by atoms with van der Waals surface area (Å²) in [4.78, 5) is 44.6. The van der Waals surface area contributed by atoms with Gasteiger partial charge >= 0.3 is 12.0 Å². The third kappa shape index (κ3) is 5.39. The Morgan fingerprint density at radius 2 is 1.91 bits per heavy atom. The number of likely N-dealkylation sites (N-methyl/N-ethyl adjacent to an activating group) is 1. The number of halogens is 1. The summed E-state index contributed by atoms with van der Waals surface area (Å²) in [5.41, 5.74) is 1.66. The number of amides is 3. The lowest BCUT2D eigenvalue weighted by molar-refractivity contribution is -0.139. The van der Waals surface area contributed by atoms with E-state index in [9.17, 15) is 14.4 Å². The van der Waals surface area contributed by atoms with Gasteiger partial charge in [0.05, 0.1) is 18.2 Å². The zero-order valence-corrected chi connectivity index (χ0v) is 21.4. The molecule has 0 saturated carbocycles. The van der Waals surface area contributed by atoms with Crippen molar-refractivity contribution in [2.75, 3.05) is 39.3 Å². The van der Waals surface area contributed by atoms with Crippen LogP contribution >= 0.6 is 11.6 Å². The second kappa shape index (κ2) is 11.2. The van der Waals surface area contributed by atoms with Crippen molar-refractivity contribution in [3.05, 3.63) is 46.1 Å². The van der Waals surface area contributed by atoms with Crippen molar-refractivity contribution in [3.63, 3.8) is 0 Å². The highest BCUT2D eigenvalue weighted by atomic mass is 35.5. The maximum Gasteiger partial charge on any atom is 0.338 e. The first-order valence-electron chi connectivity index (χ1n) is 11.9. The van der Waals surface area contributed by atoms with Crippen LogP contribution in [0, 0.1) is 5.92 Å². The molecule has 1 aromatic carbocycles. The molecule has 3 amide bonds. The molecule has 0 unspecified atom stereocenters. The van der Waals surface area contributed by atoms with Gasteiger partial charge in [-0.3, -0.25) is 14.6 Å². The van der Waals surface area contributed by atoms with Gasteiger partial charge in [0.15, 0.2) is 0 Å². The van der Waals surface area contributed by atoms with Crippen LogP contribution in [-0.4, -0.2) is 78.0 Å². The van der Waals surface area contributed by atoms with Crippen LogP contribution < -0.4 is 5.32 Å². The molecule has 0 radical (unpaired) electrons. The van der Waals surface area contributed by atoms with Gasteiger partial charge in [-0.25, -0.2) is 9.59 Å². The molecule has 9 heteroatoms. The molecule has 1 fully saturated rings. The molecule has 2 atom stereocenters. The normalized spacial score (nSPS) is 21.7. The van der Waals surface area contributed by atoms with Crippen LogP contribution in [-0.2, 0) is 14.3 Å². The third-order valence-corrected chi connectivity index (χ3v) is 6.67. The molecule has 3 rings (SSSR count). The van der Waals surface area contributed by atoms with Crippen LogP contribution in [0.1, 0.15) is 46.2 Å². The van der Waals surface area contributed by atoms with E-state index < -0.39 is 12.0 Å². The van der Waals surface area contributed by atoms with E-state index in [1.165, 1.54) is 0 Å². The van der Waals surface area contributed by atoms with E-state index in [4.69, 9.17) is 16.3 Å². The largest absolute Gasteiger partial charge is 0.463 e. The summed E-state index contributed by atoms with van der Waals surface area (Å²) in [6.07, 6.45) is 0. The smallest absolute Gasteiger partial charge is 0.338 e. The van der Waals surface area contributed by atoms with Gasteiger partial charge in [-0.05, 0) is 32.4 Å². The minimum atomic E-state index is -0.709. The Labute approximate surface area is 206 Å². The van der Waals surface area contributed by atoms with Gasteiger partial charge in [-0.15, -0.1) is 0 Å². The fourth-order valence-electron chi connectivity index (χ4n) is 4.65. The number of nitrogens with one attached hydrogen (secondary N) is 1. The molecular weight excluding hydrogens is 456 g/mol. The Balaban J connectivity index is 1.99. The highest BCUT2D eigenvalue weighted by Gasteiger charge is 2.39. The lowest BCUT2D eigenvalue weighted by Gasteiger charge is -2.43. The van der Waals surface area contributed by atoms with Gasteiger partial charge in [-0.1, -0.05) is 43.6 Å². The quantitative estimate of drug-likeness (QED) is 0.592. The lowest BCUT2D eigenvalue weighted by atomic mass is 9.94. The van der Waals surface area contributed by atoms with Crippen LogP contribution in [0.2, 0.25) is 5.02 Å². The monoisotopic (exact) mass is 490 g/mol. The summed E-state index contributed by atoms with van der Waals surface area (Å²) in [7, 11) is 0. The van der Waals surface area contributed by atoms with E-state index in [1.807, 2.05) is 50.8 Å². The zero-order chi connectivity index (χ0) is 25.0. The number of rotatable bonds is 7. The summed E-state index contributed by atoms with van der Waals surface area (Å²) < 4.78 is 5.43. The highest BCUT2D eigenvalue weighted by molar-refractivity contribution is 6.31. The van der Waals surface area contributed by atoms with Crippen molar-refractivity contribution >= 4 is 29.5 Å². The number of benzene rings is 1. The van der Waals surface area contributed by atoms with Gasteiger partial charge in [0.25, 0.3) is 0 Å². The molecule has 0 aromatic heterocycles. The summed E-state index contributed by atoms with van der Waals surface area (Å²) in [6.45, 7) is 12.4. The number of carbonyl (C=O) groups excluding carboxylic acids is 3. The molecule has 2 aliphatic heterocycles. The number of ether oxygens (including phenoxy) is 1. The maximum absolute atomic E-state index is 13.2. The molecule has 0 aliphatic carbocycles. The topological polar surface area (TPSA) is 82.2 Å². The Morgan fingerprint density at radius 1 is 1.21 bits per heavy atom. The molecule has 8 nitrogen and oxygen atoms in total. The van der Waals surface area contributed by atoms with Crippen molar-refractivity contribution in [1.29, 1.82) is 0 Å². The minimum absolute atomic E-state index is 0.0298. The zero-order valence-electron chi connectivity index (χ0n) is 20.6. The van der Waals surface area contributed by atoms with Crippen LogP contribution in [0.3, 0.4) is 0 Å². The number of hydrogen-bond donors (Lipinski definition) is 1. The van der Waals surface area contributed by atoms with E-state index >= 15 is 0 Å². The molecule has 0 bridgehead atoms. The Bertz CT molecular complexity index is 964. The first-order chi connectivity index (χ1) is 16.2. The second-order valence-corrected chi connectivity index (χ2v) is 9.41. The number of hydrogen-bond acceptors (Lipinski definition) is 5. The SMILES string of the molecule is CCOC(=O)C1=C(CN2CCN(C(=O)C(C)C)[C@H](C)C2)N(CC)C(=O)N[C@H]1c1ccccc1Cl. The third-order valence-electron chi connectivity index (χ3n) is 6.33. The van der Waals surface area contributed by atoms with Crippen LogP contribution in [0.15, 0.2) is 35.5 Å². The molecule has 34 heavy (non-hydrogen) atoms. The molecule has 2 aliphatic rings. The number of urea groups is 1. The second-order valence-electron chi connectivity index (χ2n) is 9.00. The van der Waals surface area contributed by atoms with Crippen molar-refractivity contribution < 1.29 is 19.1 Å². The first kappa shape index (κ1) is 26.0. The fraction of sp³-hybridized carbons (Fsp3) is 0.560. The predicted molar refractivity (Wildman–Crippen MR) is 131 cm³/mol.